The summed E-state index contributed by atoms with van der Waals surface area (Å²) >= 11 is 0. The first kappa shape index (κ1) is 18.3. The molecule has 25 heavy (non-hydrogen) atoms. The summed E-state index contributed by atoms with van der Waals surface area (Å²) in [4.78, 5) is 11.8. The van der Waals surface area contributed by atoms with Crippen LogP contribution in [0.2, 0.25) is 0 Å². The molecule has 0 atom stereocenters. The topological polar surface area (TPSA) is 59.9 Å². The highest BCUT2D eigenvalue weighted by atomic mass is 19.3. The average molecular weight is 352 g/mol. The normalized spacial score (nSPS) is 10.9. The Morgan fingerprint density at radius 3 is 2.68 bits per heavy atom. The summed E-state index contributed by atoms with van der Waals surface area (Å²) in [5, 5.41) is 3.66. The van der Waals surface area contributed by atoms with Gasteiger partial charge in [-0.05, 0) is 31.2 Å². The van der Waals surface area contributed by atoms with Gasteiger partial charge < -0.3 is 9.47 Å². The fourth-order valence-corrected chi connectivity index (χ4v) is 1.98. The third-order valence-electron chi connectivity index (χ3n) is 3.00. The van der Waals surface area contributed by atoms with E-state index < -0.39 is 18.3 Å². The van der Waals surface area contributed by atoms with Crippen molar-refractivity contribution in [2.24, 2.45) is 5.10 Å². The summed E-state index contributed by atoms with van der Waals surface area (Å²) < 4.78 is 48.4. The van der Waals surface area contributed by atoms with Crippen molar-refractivity contribution in [3.05, 3.63) is 59.4 Å². The van der Waals surface area contributed by atoms with E-state index in [1.807, 2.05) is 0 Å². The van der Waals surface area contributed by atoms with E-state index in [9.17, 15) is 18.0 Å². The van der Waals surface area contributed by atoms with Gasteiger partial charge in [0.15, 0.2) is 11.5 Å². The lowest BCUT2D eigenvalue weighted by atomic mass is 10.2. The van der Waals surface area contributed by atoms with Gasteiger partial charge in [0, 0.05) is 5.56 Å². The highest BCUT2D eigenvalue weighted by Gasteiger charge is 2.15. The molecule has 0 radical (unpaired) electrons. The molecule has 2 aromatic carbocycles. The van der Waals surface area contributed by atoms with Gasteiger partial charge in [-0.15, -0.1) is 0 Å². The van der Waals surface area contributed by atoms with Crippen LogP contribution < -0.4 is 14.9 Å². The first-order valence-corrected chi connectivity index (χ1v) is 7.31. The molecule has 0 aliphatic carbocycles. The Kier molecular flexibility index (Phi) is 6.39. The second-order valence-electron chi connectivity index (χ2n) is 4.66. The van der Waals surface area contributed by atoms with E-state index in [0.29, 0.717) is 0 Å². The summed E-state index contributed by atoms with van der Waals surface area (Å²) in [6.07, 6.45) is 1.11. The van der Waals surface area contributed by atoms with Gasteiger partial charge in [-0.25, -0.2) is 9.82 Å². The summed E-state index contributed by atoms with van der Waals surface area (Å²) in [6, 6.07) is 9.86. The lowest BCUT2D eigenvalue weighted by molar-refractivity contribution is -0.0515. The number of hydrazone groups is 1. The van der Waals surface area contributed by atoms with Crippen LogP contribution >= 0.6 is 0 Å². The van der Waals surface area contributed by atoms with Crippen molar-refractivity contribution < 1.29 is 27.4 Å². The fraction of sp³-hybridized carbons (Fsp3) is 0.176. The molecule has 2 rings (SSSR count). The van der Waals surface area contributed by atoms with E-state index in [-0.39, 0.29) is 29.2 Å². The molecule has 0 spiro atoms. The van der Waals surface area contributed by atoms with Gasteiger partial charge >= 0.3 is 6.61 Å². The van der Waals surface area contributed by atoms with Gasteiger partial charge in [0.05, 0.1) is 18.4 Å². The summed E-state index contributed by atoms with van der Waals surface area (Å²) in [6.45, 7) is -1.10. The van der Waals surface area contributed by atoms with E-state index in [2.05, 4.69) is 15.3 Å². The van der Waals surface area contributed by atoms with Gasteiger partial charge in [0.25, 0.3) is 5.91 Å². The molecular weight excluding hydrogens is 337 g/mol. The molecule has 0 aliphatic rings. The highest BCUT2D eigenvalue weighted by Crippen LogP contribution is 2.31. The molecule has 0 bridgehead atoms. The molecule has 0 aromatic heterocycles. The third kappa shape index (κ3) is 4.97. The van der Waals surface area contributed by atoms with Gasteiger partial charge in [-0.3, -0.25) is 4.79 Å². The Bertz CT molecular complexity index is 767. The minimum absolute atomic E-state index is 0.118. The Morgan fingerprint density at radius 1 is 1.24 bits per heavy atom. The number of amides is 1. The zero-order chi connectivity index (χ0) is 18.2. The maximum absolute atomic E-state index is 13.5. The number of ether oxygens (including phenoxy) is 2. The third-order valence-corrected chi connectivity index (χ3v) is 3.00. The molecule has 132 valence electrons. The summed E-state index contributed by atoms with van der Waals surface area (Å²) in [5.74, 6) is -1.56. The number of carbonyl (C=O) groups excluding carboxylic acids is 1. The molecule has 1 amide bonds. The highest BCUT2D eigenvalue weighted by molar-refractivity contribution is 5.95. The maximum Gasteiger partial charge on any atom is 0.387 e. The van der Waals surface area contributed by atoms with Crippen molar-refractivity contribution in [1.29, 1.82) is 0 Å². The number of nitrogens with zero attached hydrogens (tertiary/aromatic N) is 1. The predicted molar refractivity (Wildman–Crippen MR) is 85.7 cm³/mol. The lowest BCUT2D eigenvalue weighted by Gasteiger charge is -2.13. The molecule has 0 unspecified atom stereocenters. The zero-order valence-corrected chi connectivity index (χ0v) is 13.2. The molecule has 1 N–H and O–H groups in total. The van der Waals surface area contributed by atoms with Crippen LogP contribution in [0.3, 0.4) is 0 Å². The largest absolute Gasteiger partial charge is 0.490 e. The van der Waals surface area contributed by atoms with Crippen LogP contribution in [-0.2, 0) is 0 Å². The molecule has 8 heteroatoms. The molecule has 0 fully saturated rings. The molecule has 0 saturated heterocycles. The number of rotatable bonds is 7. The number of hydrogen-bond acceptors (Lipinski definition) is 4. The fourth-order valence-electron chi connectivity index (χ4n) is 1.98. The molecular formula is C17H15F3N2O3. The van der Waals surface area contributed by atoms with Gasteiger partial charge in [-0.1, -0.05) is 18.2 Å². The number of nitrogens with one attached hydrogen (secondary N) is 1. The predicted octanol–water partition coefficient (Wildman–Crippen LogP) is 3.59. The van der Waals surface area contributed by atoms with E-state index in [1.165, 1.54) is 30.3 Å². The van der Waals surface area contributed by atoms with E-state index in [0.717, 1.165) is 12.3 Å². The van der Waals surface area contributed by atoms with Crippen LogP contribution in [0.25, 0.3) is 0 Å². The van der Waals surface area contributed by atoms with Crippen molar-refractivity contribution >= 4 is 12.1 Å². The first-order valence-electron chi connectivity index (χ1n) is 7.31. The Labute approximate surface area is 142 Å². The van der Waals surface area contributed by atoms with E-state index in [1.54, 1.807) is 13.0 Å². The summed E-state index contributed by atoms with van der Waals surface area (Å²) in [7, 11) is 0. The molecule has 5 nitrogen and oxygen atoms in total. The summed E-state index contributed by atoms with van der Waals surface area (Å²) in [5.41, 5.74) is 2.11. The van der Waals surface area contributed by atoms with Crippen molar-refractivity contribution in [3.8, 4) is 11.5 Å². The van der Waals surface area contributed by atoms with Crippen LogP contribution in [0.5, 0.6) is 11.5 Å². The lowest BCUT2D eigenvalue weighted by Crippen LogP contribution is -2.19. The van der Waals surface area contributed by atoms with E-state index >= 15 is 0 Å². The number of alkyl halides is 2. The number of benzene rings is 2. The number of hydrogen-bond donors (Lipinski definition) is 1. The number of halogens is 3. The average Bonchev–Trinajstić information content (AvgIpc) is 2.57. The Hall–Kier alpha value is -3.03. The zero-order valence-electron chi connectivity index (χ0n) is 13.2. The van der Waals surface area contributed by atoms with Crippen molar-refractivity contribution in [1.82, 2.24) is 5.43 Å². The SMILES string of the molecule is CCOc1cccc(/C=N\NC(=O)c2ccccc2F)c1OC(F)F. The standard InChI is InChI=1S/C17H15F3N2O3/c1-2-24-14-9-5-6-11(15(14)25-17(19)20)10-21-22-16(23)12-7-3-4-8-13(12)18/h3-10,17H,2H2,1H3,(H,22,23)/b21-10-. The van der Waals surface area contributed by atoms with Crippen molar-refractivity contribution in [2.75, 3.05) is 6.61 Å². The molecule has 0 aliphatic heterocycles. The quantitative estimate of drug-likeness (QED) is 0.612. The second-order valence-corrected chi connectivity index (χ2v) is 4.66. The maximum atomic E-state index is 13.5. The van der Waals surface area contributed by atoms with Gasteiger partial charge in [0.1, 0.15) is 5.82 Å². The molecule has 0 saturated carbocycles. The molecule has 2 aromatic rings. The van der Waals surface area contributed by atoms with Crippen molar-refractivity contribution in [3.63, 3.8) is 0 Å². The van der Waals surface area contributed by atoms with Crippen LogP contribution in [0, 0.1) is 5.82 Å². The minimum atomic E-state index is -3.05. The monoisotopic (exact) mass is 352 g/mol. The minimum Gasteiger partial charge on any atom is -0.490 e. The number of para-hydroxylation sites is 1. The number of carbonyl (C=O) groups is 1. The first-order chi connectivity index (χ1) is 12.0. The second kappa shape index (κ2) is 8.72. The Morgan fingerprint density at radius 2 is 2.00 bits per heavy atom. The Balaban J connectivity index is 2.18. The van der Waals surface area contributed by atoms with E-state index in [4.69, 9.17) is 4.74 Å². The van der Waals surface area contributed by atoms with Crippen LogP contribution in [0.1, 0.15) is 22.8 Å². The smallest absolute Gasteiger partial charge is 0.387 e. The van der Waals surface area contributed by atoms with Crippen LogP contribution in [0.4, 0.5) is 13.2 Å². The molecule has 0 heterocycles. The van der Waals surface area contributed by atoms with Gasteiger partial charge in [-0.2, -0.15) is 13.9 Å². The van der Waals surface area contributed by atoms with Crippen LogP contribution in [-0.4, -0.2) is 25.3 Å². The van der Waals surface area contributed by atoms with Crippen molar-refractivity contribution in [2.45, 2.75) is 13.5 Å². The van der Waals surface area contributed by atoms with Crippen LogP contribution in [0.15, 0.2) is 47.6 Å². The van der Waals surface area contributed by atoms with Gasteiger partial charge in [0.2, 0.25) is 0 Å².